The molecule has 0 saturated heterocycles. The van der Waals surface area contributed by atoms with Crippen molar-refractivity contribution < 1.29 is 9.53 Å². The van der Waals surface area contributed by atoms with E-state index in [1.54, 1.807) is 7.11 Å². The molecule has 0 spiro atoms. The highest BCUT2D eigenvalue weighted by atomic mass is 32.1. The summed E-state index contributed by atoms with van der Waals surface area (Å²) in [6.45, 7) is 4.03. The van der Waals surface area contributed by atoms with Crippen LogP contribution in [0.1, 0.15) is 40.7 Å². The van der Waals surface area contributed by atoms with Gasteiger partial charge in [-0.1, -0.05) is 30.5 Å². The third kappa shape index (κ3) is 3.17. The molecule has 0 unspecified atom stereocenters. The van der Waals surface area contributed by atoms with E-state index in [2.05, 4.69) is 9.59 Å². The minimum Gasteiger partial charge on any atom is -0.497 e. The molecule has 0 amide bonds. The summed E-state index contributed by atoms with van der Waals surface area (Å²) in [5.41, 5.74) is 1.73. The quantitative estimate of drug-likeness (QED) is 0.787. The molecule has 0 radical (unpaired) electrons. The Morgan fingerprint density at radius 3 is 2.89 bits per heavy atom. The first-order valence-corrected chi connectivity index (χ1v) is 6.87. The van der Waals surface area contributed by atoms with Crippen molar-refractivity contribution in [3.63, 3.8) is 0 Å². The number of rotatable bonds is 5. The average Bonchev–Trinajstić information content (AvgIpc) is 2.88. The van der Waals surface area contributed by atoms with E-state index in [1.165, 1.54) is 11.5 Å². The number of hydrogen-bond acceptors (Lipinski definition) is 5. The van der Waals surface area contributed by atoms with Crippen molar-refractivity contribution in [2.45, 2.75) is 26.2 Å². The molecule has 0 atom stereocenters. The molecular weight excluding hydrogens is 260 g/mol. The van der Waals surface area contributed by atoms with Gasteiger partial charge < -0.3 is 4.74 Å². The third-order valence-corrected chi connectivity index (χ3v) is 3.59. The molecule has 0 aliphatic rings. The number of benzene rings is 1. The zero-order chi connectivity index (χ0) is 13.8. The summed E-state index contributed by atoms with van der Waals surface area (Å²) >= 11 is 1.17. The van der Waals surface area contributed by atoms with Crippen molar-refractivity contribution in [2.75, 3.05) is 7.11 Å². The molecule has 0 saturated carbocycles. The number of carbonyl (C=O) groups is 1. The van der Waals surface area contributed by atoms with Crippen LogP contribution in [0.25, 0.3) is 0 Å². The second-order valence-electron chi connectivity index (χ2n) is 4.59. The molecule has 0 aliphatic heterocycles. The first-order valence-electron chi connectivity index (χ1n) is 6.10. The Bertz CT molecular complexity index is 578. The molecule has 5 heteroatoms. The van der Waals surface area contributed by atoms with E-state index in [0.29, 0.717) is 11.3 Å². The molecular formula is C14H16N2O2S. The third-order valence-electron chi connectivity index (χ3n) is 2.81. The summed E-state index contributed by atoms with van der Waals surface area (Å²) in [7, 11) is 1.62. The number of Topliss-reactive ketones (excluding diaryl/α,β-unsaturated/α-hetero) is 1. The lowest BCUT2D eigenvalue weighted by atomic mass is 10.0. The molecule has 19 heavy (non-hydrogen) atoms. The van der Waals surface area contributed by atoms with Crippen LogP contribution in [-0.2, 0) is 6.42 Å². The number of ketones is 1. The predicted octanol–water partition coefficient (Wildman–Crippen LogP) is 3.10. The van der Waals surface area contributed by atoms with Crippen LogP contribution in [0.5, 0.6) is 5.75 Å². The highest BCUT2D eigenvalue weighted by molar-refractivity contribution is 7.08. The van der Waals surface area contributed by atoms with Crippen LogP contribution >= 0.6 is 11.5 Å². The highest BCUT2D eigenvalue weighted by Gasteiger charge is 2.18. The fraction of sp³-hybridized carbons (Fsp3) is 0.357. The van der Waals surface area contributed by atoms with Crippen molar-refractivity contribution in [1.29, 1.82) is 0 Å². The minimum absolute atomic E-state index is 0.0620. The maximum absolute atomic E-state index is 12.3. The summed E-state index contributed by atoms with van der Waals surface area (Å²) in [5.74, 6) is 1.03. The van der Waals surface area contributed by atoms with Gasteiger partial charge >= 0.3 is 0 Å². The molecule has 0 aliphatic carbocycles. The van der Waals surface area contributed by atoms with Gasteiger partial charge in [-0.05, 0) is 35.1 Å². The van der Waals surface area contributed by atoms with E-state index in [0.717, 1.165) is 17.0 Å². The van der Waals surface area contributed by atoms with Crippen LogP contribution in [0.15, 0.2) is 24.3 Å². The maximum Gasteiger partial charge on any atom is 0.180 e. The molecule has 4 nitrogen and oxygen atoms in total. The number of nitrogens with zero attached hydrogens (tertiary/aromatic N) is 2. The average molecular weight is 276 g/mol. The van der Waals surface area contributed by atoms with Gasteiger partial charge in [-0.15, -0.1) is 5.10 Å². The largest absolute Gasteiger partial charge is 0.497 e. The second-order valence-corrected chi connectivity index (χ2v) is 5.35. The Labute approximate surface area is 116 Å². The van der Waals surface area contributed by atoms with Crippen LogP contribution in [0, 0.1) is 0 Å². The lowest BCUT2D eigenvalue weighted by Crippen LogP contribution is -2.06. The van der Waals surface area contributed by atoms with Crippen molar-refractivity contribution >= 4 is 17.3 Å². The van der Waals surface area contributed by atoms with E-state index < -0.39 is 0 Å². The van der Waals surface area contributed by atoms with Gasteiger partial charge in [0, 0.05) is 6.42 Å². The Hall–Kier alpha value is -1.75. The molecule has 1 heterocycles. The molecule has 100 valence electrons. The van der Waals surface area contributed by atoms with Crippen molar-refractivity contribution in [1.82, 2.24) is 9.59 Å². The topological polar surface area (TPSA) is 52.1 Å². The number of ether oxygens (including phenoxy) is 1. The first kappa shape index (κ1) is 13.7. The van der Waals surface area contributed by atoms with E-state index in [1.807, 2.05) is 38.1 Å². The van der Waals surface area contributed by atoms with Crippen LogP contribution in [0.2, 0.25) is 0 Å². The lowest BCUT2D eigenvalue weighted by molar-refractivity contribution is 0.0995. The van der Waals surface area contributed by atoms with Gasteiger partial charge in [0.2, 0.25) is 0 Å². The number of aromatic nitrogens is 2. The van der Waals surface area contributed by atoms with Gasteiger partial charge in [-0.3, -0.25) is 4.79 Å². The molecule has 1 aromatic carbocycles. The van der Waals surface area contributed by atoms with Gasteiger partial charge in [-0.25, -0.2) is 0 Å². The van der Waals surface area contributed by atoms with E-state index in [9.17, 15) is 4.79 Å². The SMILES string of the molecule is COc1cccc(CC(=O)c2snnc2C(C)C)c1. The Morgan fingerprint density at radius 2 is 2.21 bits per heavy atom. The standard InChI is InChI=1S/C14H16N2O2S/c1-9(2)13-14(19-16-15-13)12(17)8-10-5-4-6-11(7-10)18-3/h4-7,9H,8H2,1-3H3. The predicted molar refractivity (Wildman–Crippen MR) is 75.0 cm³/mol. The van der Waals surface area contributed by atoms with Crippen LogP contribution in [0.4, 0.5) is 0 Å². The van der Waals surface area contributed by atoms with Gasteiger partial charge in [-0.2, -0.15) is 0 Å². The van der Waals surface area contributed by atoms with Gasteiger partial charge in [0.25, 0.3) is 0 Å². The molecule has 0 fully saturated rings. The molecule has 1 aromatic heterocycles. The Kier molecular flexibility index (Phi) is 4.27. The number of carbonyl (C=O) groups excluding carboxylic acids is 1. The summed E-state index contributed by atoms with van der Waals surface area (Å²) in [5, 5.41) is 4.04. The maximum atomic E-state index is 12.3. The normalized spacial score (nSPS) is 10.7. The van der Waals surface area contributed by atoms with Gasteiger partial charge in [0.05, 0.1) is 12.8 Å². The van der Waals surface area contributed by atoms with Crippen LogP contribution in [0.3, 0.4) is 0 Å². The zero-order valence-corrected chi connectivity index (χ0v) is 12.0. The van der Waals surface area contributed by atoms with Crippen molar-refractivity contribution in [3.05, 3.63) is 40.4 Å². The van der Waals surface area contributed by atoms with Crippen LogP contribution in [-0.4, -0.2) is 22.5 Å². The first-order chi connectivity index (χ1) is 9.11. The summed E-state index contributed by atoms with van der Waals surface area (Å²) < 4.78 is 9.04. The smallest absolute Gasteiger partial charge is 0.180 e. The molecule has 2 rings (SSSR count). The van der Waals surface area contributed by atoms with E-state index in [-0.39, 0.29) is 11.7 Å². The fourth-order valence-electron chi connectivity index (χ4n) is 1.82. The van der Waals surface area contributed by atoms with Gasteiger partial charge in [0.15, 0.2) is 5.78 Å². The lowest BCUT2D eigenvalue weighted by Gasteiger charge is -2.05. The zero-order valence-electron chi connectivity index (χ0n) is 11.2. The molecule has 0 N–H and O–H groups in total. The van der Waals surface area contributed by atoms with Gasteiger partial charge in [0.1, 0.15) is 10.6 Å². The fourth-order valence-corrected chi connectivity index (χ4v) is 2.57. The van der Waals surface area contributed by atoms with Crippen molar-refractivity contribution in [2.24, 2.45) is 0 Å². The molecule has 2 aromatic rings. The van der Waals surface area contributed by atoms with E-state index in [4.69, 9.17) is 4.74 Å². The Morgan fingerprint density at radius 1 is 1.42 bits per heavy atom. The monoisotopic (exact) mass is 276 g/mol. The second kappa shape index (κ2) is 5.93. The summed E-state index contributed by atoms with van der Waals surface area (Å²) in [6, 6.07) is 7.54. The summed E-state index contributed by atoms with van der Waals surface area (Å²) in [4.78, 5) is 13.0. The number of methoxy groups -OCH3 is 1. The minimum atomic E-state index is 0.0620. The summed E-state index contributed by atoms with van der Waals surface area (Å²) in [6.07, 6.45) is 0.348. The number of hydrogen-bond donors (Lipinski definition) is 0. The van der Waals surface area contributed by atoms with Crippen LogP contribution < -0.4 is 4.74 Å². The Balaban J connectivity index is 2.18. The molecule has 0 bridgehead atoms. The highest BCUT2D eigenvalue weighted by Crippen LogP contribution is 2.22. The van der Waals surface area contributed by atoms with E-state index >= 15 is 0 Å². The van der Waals surface area contributed by atoms with Crippen molar-refractivity contribution in [3.8, 4) is 5.75 Å².